The van der Waals surface area contributed by atoms with Gasteiger partial charge in [0.1, 0.15) is 0 Å². The van der Waals surface area contributed by atoms with Gasteiger partial charge in [0, 0.05) is 17.3 Å². The van der Waals surface area contributed by atoms with Crippen molar-refractivity contribution in [2.45, 2.75) is 18.1 Å². The van der Waals surface area contributed by atoms with Gasteiger partial charge in [0.2, 0.25) is 10.0 Å². The summed E-state index contributed by atoms with van der Waals surface area (Å²) in [6.07, 6.45) is 5.98. The van der Waals surface area contributed by atoms with Crippen LogP contribution in [-0.2, 0) is 10.0 Å². The fraction of sp³-hybridized carbons (Fsp3) is 0.143. The molecule has 1 saturated carbocycles. The van der Waals surface area contributed by atoms with E-state index in [0.717, 1.165) is 5.56 Å². The number of carbonyl (C=O) groups is 1. The van der Waals surface area contributed by atoms with Crippen LogP contribution >= 0.6 is 0 Å². The van der Waals surface area contributed by atoms with Crippen molar-refractivity contribution in [2.24, 2.45) is 0 Å². The molecule has 0 saturated heterocycles. The minimum Gasteiger partial charge on any atom is -0.288 e. The van der Waals surface area contributed by atoms with Crippen LogP contribution in [0.1, 0.15) is 28.8 Å². The Morgan fingerprint density at radius 3 is 2.71 bits per heavy atom. The Morgan fingerprint density at radius 1 is 1.13 bits per heavy atom. The number of hydrogen-bond donors (Lipinski definition) is 2. The summed E-state index contributed by atoms with van der Waals surface area (Å²) in [6, 6.07) is 8.77. The maximum absolute atomic E-state index is 15.0. The molecule has 156 valence electrons. The lowest BCUT2D eigenvalue weighted by Crippen LogP contribution is -2.19. The molecule has 0 spiro atoms. The van der Waals surface area contributed by atoms with Crippen LogP contribution in [0.5, 0.6) is 0 Å². The molecule has 2 heterocycles. The molecule has 2 aromatic carbocycles. The number of aromatic amines is 1. The van der Waals surface area contributed by atoms with E-state index in [2.05, 4.69) is 24.9 Å². The van der Waals surface area contributed by atoms with Gasteiger partial charge >= 0.3 is 0 Å². The summed E-state index contributed by atoms with van der Waals surface area (Å²) >= 11 is 0. The highest BCUT2D eigenvalue weighted by atomic mass is 32.2. The third-order valence-electron chi connectivity index (χ3n) is 5.06. The first-order valence-corrected chi connectivity index (χ1v) is 11.1. The minimum absolute atomic E-state index is 0.215. The highest BCUT2D eigenvalue weighted by molar-refractivity contribution is 7.93. The van der Waals surface area contributed by atoms with Gasteiger partial charge in [-0.1, -0.05) is 6.07 Å². The number of carbonyl (C=O) groups excluding carboxylic acids is 1. The lowest BCUT2D eigenvalue weighted by Gasteiger charge is -2.11. The van der Waals surface area contributed by atoms with E-state index in [-0.39, 0.29) is 16.8 Å². The van der Waals surface area contributed by atoms with Crippen LogP contribution in [0, 0.1) is 5.82 Å². The maximum Gasteiger partial charge on any atom is 0.235 e. The molecular formula is C21H16FN5O3S. The number of rotatable bonds is 6. The summed E-state index contributed by atoms with van der Waals surface area (Å²) in [6.45, 7) is 0. The van der Waals surface area contributed by atoms with Gasteiger partial charge in [-0.05, 0) is 43.2 Å². The fourth-order valence-corrected chi connectivity index (χ4v) is 4.63. The number of H-pyrrole nitrogens is 1. The predicted molar refractivity (Wildman–Crippen MR) is 113 cm³/mol. The molecule has 31 heavy (non-hydrogen) atoms. The van der Waals surface area contributed by atoms with Crippen LogP contribution in [0.4, 0.5) is 10.1 Å². The van der Waals surface area contributed by atoms with Crippen molar-refractivity contribution >= 4 is 32.5 Å². The third kappa shape index (κ3) is 3.66. The maximum atomic E-state index is 15.0. The van der Waals surface area contributed by atoms with E-state index < -0.39 is 26.9 Å². The van der Waals surface area contributed by atoms with Crippen LogP contribution in [0.3, 0.4) is 0 Å². The molecule has 8 nitrogen and oxygen atoms in total. The molecule has 1 aliphatic rings. The first kappa shape index (κ1) is 19.3. The molecule has 0 unspecified atom stereocenters. The Bertz CT molecular complexity index is 1420. The van der Waals surface area contributed by atoms with Gasteiger partial charge < -0.3 is 0 Å². The Morgan fingerprint density at radius 2 is 1.97 bits per heavy atom. The summed E-state index contributed by atoms with van der Waals surface area (Å²) in [7, 11) is -3.65. The van der Waals surface area contributed by atoms with Gasteiger partial charge in [-0.15, -0.1) is 0 Å². The van der Waals surface area contributed by atoms with Gasteiger partial charge in [0.25, 0.3) is 0 Å². The molecule has 1 aliphatic carbocycles. The van der Waals surface area contributed by atoms with Gasteiger partial charge in [0.05, 0.1) is 45.6 Å². The Hall–Kier alpha value is -3.66. The van der Waals surface area contributed by atoms with Crippen LogP contribution in [0.2, 0.25) is 0 Å². The summed E-state index contributed by atoms with van der Waals surface area (Å²) in [5.74, 6) is -1.49. The molecular weight excluding hydrogens is 421 g/mol. The summed E-state index contributed by atoms with van der Waals surface area (Å²) in [5.41, 5.74) is 2.12. The molecule has 2 aromatic heterocycles. The number of ketones is 1. The molecule has 10 heteroatoms. The molecule has 0 bridgehead atoms. The number of halogens is 1. The Kier molecular flexibility index (Phi) is 4.51. The van der Waals surface area contributed by atoms with Crippen molar-refractivity contribution < 1.29 is 17.6 Å². The van der Waals surface area contributed by atoms with Crippen LogP contribution in [0.15, 0.2) is 55.0 Å². The summed E-state index contributed by atoms with van der Waals surface area (Å²) in [5, 5.41) is 6.08. The number of aromatic nitrogens is 4. The molecule has 0 aliphatic heterocycles. The van der Waals surface area contributed by atoms with Crippen molar-refractivity contribution in [2.75, 3.05) is 4.72 Å². The molecule has 4 aromatic rings. The van der Waals surface area contributed by atoms with Gasteiger partial charge in [-0.2, -0.15) is 5.10 Å². The van der Waals surface area contributed by atoms with E-state index in [4.69, 9.17) is 0 Å². The van der Waals surface area contributed by atoms with Gasteiger partial charge in [-0.25, -0.2) is 17.8 Å². The van der Waals surface area contributed by atoms with E-state index in [1.165, 1.54) is 30.3 Å². The number of sulfonamides is 1. The zero-order valence-corrected chi connectivity index (χ0v) is 16.9. The minimum atomic E-state index is -3.65. The van der Waals surface area contributed by atoms with Crippen LogP contribution < -0.4 is 4.72 Å². The van der Waals surface area contributed by atoms with Crippen molar-refractivity contribution in [3.63, 3.8) is 0 Å². The summed E-state index contributed by atoms with van der Waals surface area (Å²) in [4.78, 5) is 21.9. The molecule has 2 N–H and O–H groups in total. The second-order valence-electron chi connectivity index (χ2n) is 7.29. The zero-order valence-electron chi connectivity index (χ0n) is 16.0. The van der Waals surface area contributed by atoms with E-state index in [1.54, 1.807) is 24.7 Å². The molecule has 0 radical (unpaired) electrons. The first-order valence-electron chi connectivity index (χ1n) is 9.53. The van der Waals surface area contributed by atoms with Crippen LogP contribution in [0.25, 0.3) is 22.3 Å². The van der Waals surface area contributed by atoms with Crippen molar-refractivity contribution in [3.8, 4) is 11.3 Å². The van der Waals surface area contributed by atoms with Gasteiger partial charge in [0.15, 0.2) is 11.6 Å². The quantitative estimate of drug-likeness (QED) is 0.447. The number of nitrogens with one attached hydrogen (secondary N) is 2. The number of hydrogen-bond acceptors (Lipinski definition) is 6. The van der Waals surface area contributed by atoms with Gasteiger partial charge in [-0.3, -0.25) is 19.6 Å². The smallest absolute Gasteiger partial charge is 0.235 e. The highest BCUT2D eigenvalue weighted by Gasteiger charge is 2.36. The normalized spacial score (nSPS) is 14.0. The second kappa shape index (κ2) is 7.24. The number of nitrogens with zero attached hydrogens (tertiary/aromatic N) is 3. The monoisotopic (exact) mass is 437 g/mol. The van der Waals surface area contributed by atoms with Crippen molar-refractivity contribution in [1.82, 2.24) is 20.2 Å². The van der Waals surface area contributed by atoms with E-state index in [9.17, 15) is 13.2 Å². The second-order valence-corrected chi connectivity index (χ2v) is 9.25. The third-order valence-corrected chi connectivity index (χ3v) is 6.91. The SMILES string of the molecule is O=C(c1ccc2ncc(-c3cn[nH]c3)nc2c1)c1cccc(NS(=O)(=O)C2CC2)c1F. The lowest BCUT2D eigenvalue weighted by molar-refractivity contribution is 0.103. The van der Waals surface area contributed by atoms with Crippen molar-refractivity contribution in [1.29, 1.82) is 0 Å². The van der Waals surface area contributed by atoms with Crippen molar-refractivity contribution in [3.05, 3.63) is 71.9 Å². The number of anilines is 1. The van der Waals surface area contributed by atoms with E-state index in [1.807, 2.05) is 0 Å². The summed E-state index contributed by atoms with van der Waals surface area (Å²) < 4.78 is 41.6. The predicted octanol–water partition coefficient (Wildman–Crippen LogP) is 3.29. The zero-order chi connectivity index (χ0) is 21.6. The Balaban J connectivity index is 1.50. The molecule has 0 amide bonds. The fourth-order valence-electron chi connectivity index (χ4n) is 3.24. The molecule has 1 fully saturated rings. The molecule has 0 atom stereocenters. The largest absolute Gasteiger partial charge is 0.288 e. The van der Waals surface area contributed by atoms with E-state index >= 15 is 4.39 Å². The number of fused-ring (bicyclic) bond motifs is 1. The van der Waals surface area contributed by atoms with E-state index in [0.29, 0.717) is 29.6 Å². The average Bonchev–Trinajstić information content (AvgIpc) is 3.50. The number of benzene rings is 2. The standard InChI is InChI=1S/C21H16FN5O3S/c22-20-15(2-1-3-17(20)27-31(29,30)14-5-6-14)21(28)12-4-7-16-18(8-12)26-19(11-23-16)13-9-24-25-10-13/h1-4,7-11,14,27H,5-6H2,(H,24,25). The average molecular weight is 437 g/mol. The topological polar surface area (TPSA) is 118 Å². The molecule has 5 rings (SSSR count). The highest BCUT2D eigenvalue weighted by Crippen LogP contribution is 2.31. The van der Waals surface area contributed by atoms with Crippen LogP contribution in [-0.4, -0.2) is 39.6 Å². The lowest BCUT2D eigenvalue weighted by atomic mass is 10.0. The first-order chi connectivity index (χ1) is 14.9. The Labute approximate surface area is 176 Å².